The number of halogens is 1. The summed E-state index contributed by atoms with van der Waals surface area (Å²) in [5.41, 5.74) is 1.16. The number of hydrogen-bond acceptors (Lipinski definition) is 3. The van der Waals surface area contributed by atoms with Gasteiger partial charge in [0, 0.05) is 24.8 Å². The van der Waals surface area contributed by atoms with Crippen LogP contribution in [0.3, 0.4) is 0 Å². The maximum absolute atomic E-state index is 6.12. The predicted molar refractivity (Wildman–Crippen MR) is 89.4 cm³/mol. The molecule has 0 aliphatic carbocycles. The van der Waals surface area contributed by atoms with Crippen LogP contribution in [0.4, 0.5) is 0 Å². The maximum atomic E-state index is 6.12. The van der Waals surface area contributed by atoms with E-state index in [0.717, 1.165) is 48.7 Å². The summed E-state index contributed by atoms with van der Waals surface area (Å²) in [4.78, 5) is 0. The monoisotopic (exact) mass is 313 g/mol. The summed E-state index contributed by atoms with van der Waals surface area (Å²) in [5.74, 6) is 1.43. The van der Waals surface area contributed by atoms with Crippen LogP contribution >= 0.6 is 11.6 Å². The number of methoxy groups -OCH3 is 2. The summed E-state index contributed by atoms with van der Waals surface area (Å²) in [6.07, 6.45) is 3.11. The molecule has 2 unspecified atom stereocenters. The van der Waals surface area contributed by atoms with Crippen molar-refractivity contribution in [2.45, 2.75) is 39.2 Å². The molecule has 1 N–H and O–H groups in total. The van der Waals surface area contributed by atoms with Crippen molar-refractivity contribution in [3.63, 3.8) is 0 Å². The first-order valence-electron chi connectivity index (χ1n) is 7.65. The number of rotatable bonds is 10. The lowest BCUT2D eigenvalue weighted by atomic mass is 9.96. The van der Waals surface area contributed by atoms with Crippen molar-refractivity contribution in [3.05, 3.63) is 28.8 Å². The van der Waals surface area contributed by atoms with Crippen LogP contribution in [-0.4, -0.2) is 33.4 Å². The van der Waals surface area contributed by atoms with E-state index in [-0.39, 0.29) is 0 Å². The Morgan fingerprint density at radius 3 is 2.67 bits per heavy atom. The normalized spacial score (nSPS) is 14.0. The summed E-state index contributed by atoms with van der Waals surface area (Å²) in [6, 6.07) is 6.21. The largest absolute Gasteiger partial charge is 0.496 e. The third-order valence-electron chi connectivity index (χ3n) is 3.53. The van der Waals surface area contributed by atoms with Gasteiger partial charge in [-0.05, 0) is 55.5 Å². The van der Waals surface area contributed by atoms with Gasteiger partial charge in [-0.3, -0.25) is 0 Å². The van der Waals surface area contributed by atoms with Gasteiger partial charge in [0.1, 0.15) is 5.75 Å². The van der Waals surface area contributed by atoms with Crippen LogP contribution in [0.25, 0.3) is 0 Å². The molecule has 0 aliphatic heterocycles. The van der Waals surface area contributed by atoms with Gasteiger partial charge in [0.05, 0.1) is 7.11 Å². The molecule has 2 atom stereocenters. The van der Waals surface area contributed by atoms with Gasteiger partial charge in [-0.15, -0.1) is 0 Å². The molecule has 0 bridgehead atoms. The first-order chi connectivity index (χ1) is 10.1. The minimum Gasteiger partial charge on any atom is -0.496 e. The fourth-order valence-corrected chi connectivity index (χ4v) is 2.79. The van der Waals surface area contributed by atoms with Gasteiger partial charge in [0.25, 0.3) is 0 Å². The molecule has 3 nitrogen and oxygen atoms in total. The first kappa shape index (κ1) is 18.3. The maximum Gasteiger partial charge on any atom is 0.122 e. The van der Waals surface area contributed by atoms with Crippen LogP contribution in [0.2, 0.25) is 5.02 Å². The summed E-state index contributed by atoms with van der Waals surface area (Å²) < 4.78 is 10.7. The van der Waals surface area contributed by atoms with E-state index in [4.69, 9.17) is 21.1 Å². The minimum atomic E-state index is 0.405. The van der Waals surface area contributed by atoms with Crippen LogP contribution in [0, 0.1) is 5.92 Å². The Morgan fingerprint density at radius 2 is 2.05 bits per heavy atom. The molecule has 1 aromatic rings. The highest BCUT2D eigenvalue weighted by molar-refractivity contribution is 6.30. The van der Waals surface area contributed by atoms with E-state index >= 15 is 0 Å². The van der Waals surface area contributed by atoms with E-state index in [9.17, 15) is 0 Å². The van der Waals surface area contributed by atoms with E-state index < -0.39 is 0 Å². The zero-order valence-electron chi connectivity index (χ0n) is 13.6. The molecule has 120 valence electrons. The molecule has 0 spiro atoms. The van der Waals surface area contributed by atoms with E-state index in [0.29, 0.717) is 12.0 Å². The molecule has 0 amide bonds. The Bertz CT molecular complexity index is 412. The zero-order chi connectivity index (χ0) is 15.7. The lowest BCUT2D eigenvalue weighted by molar-refractivity contribution is 0.149. The van der Waals surface area contributed by atoms with Crippen LogP contribution in [0.1, 0.15) is 32.3 Å². The topological polar surface area (TPSA) is 30.5 Å². The van der Waals surface area contributed by atoms with Crippen molar-refractivity contribution in [2.24, 2.45) is 5.92 Å². The molecule has 0 aliphatic rings. The van der Waals surface area contributed by atoms with Crippen molar-refractivity contribution in [2.75, 3.05) is 27.4 Å². The van der Waals surface area contributed by atoms with Crippen molar-refractivity contribution in [1.29, 1.82) is 0 Å². The van der Waals surface area contributed by atoms with E-state index in [1.807, 2.05) is 18.2 Å². The van der Waals surface area contributed by atoms with Gasteiger partial charge in [-0.2, -0.15) is 0 Å². The molecule has 0 radical (unpaired) electrons. The van der Waals surface area contributed by atoms with E-state index in [2.05, 4.69) is 19.2 Å². The minimum absolute atomic E-state index is 0.405. The summed E-state index contributed by atoms with van der Waals surface area (Å²) in [6.45, 7) is 6.21. The van der Waals surface area contributed by atoms with E-state index in [1.54, 1.807) is 14.2 Å². The van der Waals surface area contributed by atoms with Crippen LogP contribution in [-0.2, 0) is 11.2 Å². The molecular weight excluding hydrogens is 286 g/mol. The molecule has 1 aromatic carbocycles. The number of nitrogens with one attached hydrogen (secondary N) is 1. The molecule has 0 saturated heterocycles. The third-order valence-corrected chi connectivity index (χ3v) is 3.76. The molecule has 21 heavy (non-hydrogen) atoms. The first-order valence-corrected chi connectivity index (χ1v) is 8.03. The highest BCUT2D eigenvalue weighted by atomic mass is 35.5. The highest BCUT2D eigenvalue weighted by Crippen LogP contribution is 2.25. The zero-order valence-corrected chi connectivity index (χ0v) is 14.4. The quantitative estimate of drug-likeness (QED) is 0.710. The van der Waals surface area contributed by atoms with Gasteiger partial charge in [0.15, 0.2) is 0 Å². The Morgan fingerprint density at radius 1 is 1.29 bits per heavy atom. The number of ether oxygens (including phenoxy) is 2. The SMILES string of the molecule is CCCNC(Cc1cc(Cl)ccc1OC)CC(C)COC. The van der Waals surface area contributed by atoms with E-state index in [1.165, 1.54) is 0 Å². The second kappa shape index (κ2) is 10.0. The number of hydrogen-bond donors (Lipinski definition) is 1. The standard InChI is InChI=1S/C17H28ClNO2/c1-5-8-19-16(9-13(2)12-20-3)11-14-10-15(18)6-7-17(14)21-4/h6-7,10,13,16,19H,5,8-9,11-12H2,1-4H3. The molecule has 0 fully saturated rings. The highest BCUT2D eigenvalue weighted by Gasteiger charge is 2.16. The van der Waals surface area contributed by atoms with Crippen molar-refractivity contribution in [3.8, 4) is 5.75 Å². The second-order valence-corrected chi connectivity index (χ2v) is 6.04. The smallest absolute Gasteiger partial charge is 0.122 e. The van der Waals surface area contributed by atoms with Crippen LogP contribution < -0.4 is 10.1 Å². The van der Waals surface area contributed by atoms with Gasteiger partial charge in [-0.1, -0.05) is 25.4 Å². The van der Waals surface area contributed by atoms with Gasteiger partial charge in [0.2, 0.25) is 0 Å². The molecule has 0 aromatic heterocycles. The fourth-order valence-electron chi connectivity index (χ4n) is 2.60. The molecular formula is C17H28ClNO2. The van der Waals surface area contributed by atoms with Crippen LogP contribution in [0.15, 0.2) is 18.2 Å². The fraction of sp³-hybridized carbons (Fsp3) is 0.647. The van der Waals surface area contributed by atoms with Gasteiger partial charge < -0.3 is 14.8 Å². The average Bonchev–Trinajstić information content (AvgIpc) is 2.45. The second-order valence-electron chi connectivity index (χ2n) is 5.61. The summed E-state index contributed by atoms with van der Waals surface area (Å²) >= 11 is 6.12. The van der Waals surface area contributed by atoms with Crippen LogP contribution in [0.5, 0.6) is 5.75 Å². The average molecular weight is 314 g/mol. The Labute approximate surface area is 134 Å². The van der Waals surface area contributed by atoms with Crippen molar-refractivity contribution < 1.29 is 9.47 Å². The van der Waals surface area contributed by atoms with Gasteiger partial charge >= 0.3 is 0 Å². The Balaban J connectivity index is 2.77. The van der Waals surface area contributed by atoms with Gasteiger partial charge in [-0.25, -0.2) is 0 Å². The summed E-state index contributed by atoms with van der Waals surface area (Å²) in [5, 5.41) is 4.38. The number of benzene rings is 1. The predicted octanol–water partition coefficient (Wildman–Crippen LogP) is 3.93. The molecule has 1 rings (SSSR count). The molecule has 4 heteroatoms. The third kappa shape index (κ3) is 6.68. The van der Waals surface area contributed by atoms with Crippen molar-refractivity contribution in [1.82, 2.24) is 5.32 Å². The lowest BCUT2D eigenvalue weighted by Gasteiger charge is -2.23. The molecule has 0 saturated carbocycles. The van der Waals surface area contributed by atoms with Crippen molar-refractivity contribution >= 4 is 11.6 Å². The molecule has 0 heterocycles. The Kier molecular flexibility index (Phi) is 8.74. The lowest BCUT2D eigenvalue weighted by Crippen LogP contribution is -2.34. The Hall–Kier alpha value is -0.770. The summed E-state index contributed by atoms with van der Waals surface area (Å²) in [7, 11) is 3.46.